The van der Waals surface area contributed by atoms with Crippen LogP contribution >= 0.6 is 0 Å². The van der Waals surface area contributed by atoms with Gasteiger partial charge in [-0.2, -0.15) is 0 Å². The molecule has 1 heterocycles. The summed E-state index contributed by atoms with van der Waals surface area (Å²) in [6.45, 7) is 9.76. The van der Waals surface area contributed by atoms with Gasteiger partial charge in [-0.15, -0.1) is 0 Å². The van der Waals surface area contributed by atoms with Gasteiger partial charge in [0.25, 0.3) is 0 Å². The van der Waals surface area contributed by atoms with E-state index in [1.54, 1.807) is 0 Å². The van der Waals surface area contributed by atoms with Gasteiger partial charge in [-0.25, -0.2) is 0 Å². The molecule has 0 aromatic heterocycles. The number of nitrogens with one attached hydrogen (secondary N) is 2. The lowest BCUT2D eigenvalue weighted by atomic mass is 9.69. The topological polar surface area (TPSA) is 24.1 Å². The van der Waals surface area contributed by atoms with Crippen molar-refractivity contribution in [3.8, 4) is 0 Å². The Labute approximate surface area is 86.8 Å². The van der Waals surface area contributed by atoms with E-state index in [4.69, 9.17) is 0 Å². The van der Waals surface area contributed by atoms with E-state index >= 15 is 0 Å². The highest BCUT2D eigenvalue weighted by Gasteiger charge is 2.66. The summed E-state index contributed by atoms with van der Waals surface area (Å²) < 4.78 is 0. The molecule has 0 radical (unpaired) electrons. The predicted octanol–water partition coefficient (Wildman–Crippen LogP) is 1.37. The van der Waals surface area contributed by atoms with Gasteiger partial charge in [0.1, 0.15) is 0 Å². The summed E-state index contributed by atoms with van der Waals surface area (Å²) in [7, 11) is 0. The molecule has 2 heteroatoms. The Morgan fingerprint density at radius 3 is 2.50 bits per heavy atom. The molecule has 2 unspecified atom stereocenters. The highest BCUT2D eigenvalue weighted by Crippen LogP contribution is 2.65. The normalized spacial score (nSPS) is 54.6. The molecule has 2 bridgehead atoms. The molecule has 3 fully saturated rings. The van der Waals surface area contributed by atoms with Crippen LogP contribution in [0.3, 0.4) is 0 Å². The summed E-state index contributed by atoms with van der Waals surface area (Å²) >= 11 is 0. The standard InChI is InChI=1S/C12H22N2/c1-11(2)8-4-5-12(11,3)10-9(8)13-6-7-14-10/h8-10,13-14H,4-7H2,1-3H3/t8-,9?,10?,12+/m0/s1. The first-order chi connectivity index (χ1) is 6.57. The van der Waals surface area contributed by atoms with E-state index in [0.29, 0.717) is 10.8 Å². The highest BCUT2D eigenvalue weighted by molar-refractivity contribution is 5.20. The Morgan fingerprint density at radius 1 is 1.07 bits per heavy atom. The largest absolute Gasteiger partial charge is 0.311 e. The lowest BCUT2D eigenvalue weighted by Crippen LogP contribution is -2.60. The van der Waals surface area contributed by atoms with E-state index in [0.717, 1.165) is 31.1 Å². The molecule has 14 heavy (non-hydrogen) atoms. The van der Waals surface area contributed by atoms with Crippen LogP contribution in [0, 0.1) is 16.7 Å². The fourth-order valence-electron chi connectivity index (χ4n) is 4.45. The van der Waals surface area contributed by atoms with Crippen molar-refractivity contribution in [2.45, 2.75) is 45.7 Å². The Hall–Kier alpha value is -0.0800. The minimum atomic E-state index is 0.521. The summed E-state index contributed by atoms with van der Waals surface area (Å²) in [5.74, 6) is 0.894. The molecule has 0 aromatic rings. The van der Waals surface area contributed by atoms with E-state index in [1.807, 2.05) is 0 Å². The molecule has 2 nitrogen and oxygen atoms in total. The second kappa shape index (κ2) is 2.53. The van der Waals surface area contributed by atoms with E-state index in [1.165, 1.54) is 12.8 Å². The van der Waals surface area contributed by atoms with Gasteiger partial charge < -0.3 is 10.6 Å². The fraction of sp³-hybridized carbons (Fsp3) is 1.00. The van der Waals surface area contributed by atoms with E-state index < -0.39 is 0 Å². The molecule has 0 spiro atoms. The molecule has 0 aromatic carbocycles. The van der Waals surface area contributed by atoms with Crippen LogP contribution in [0.2, 0.25) is 0 Å². The Morgan fingerprint density at radius 2 is 1.79 bits per heavy atom. The van der Waals surface area contributed by atoms with Crippen molar-refractivity contribution in [3.63, 3.8) is 0 Å². The van der Waals surface area contributed by atoms with Crippen LogP contribution in [-0.4, -0.2) is 25.2 Å². The zero-order valence-electron chi connectivity index (χ0n) is 9.56. The minimum absolute atomic E-state index is 0.521. The number of fused-ring (bicyclic) bond motifs is 5. The van der Waals surface area contributed by atoms with Crippen molar-refractivity contribution in [1.29, 1.82) is 0 Å². The molecule has 80 valence electrons. The Kier molecular flexibility index (Phi) is 1.66. The van der Waals surface area contributed by atoms with Gasteiger partial charge in [0.05, 0.1) is 0 Å². The Balaban J connectivity index is 2.02. The molecule has 4 atom stereocenters. The molecule has 1 aliphatic heterocycles. The smallest absolute Gasteiger partial charge is 0.0283 e. The third kappa shape index (κ3) is 0.809. The maximum absolute atomic E-state index is 3.75. The minimum Gasteiger partial charge on any atom is -0.311 e. The predicted molar refractivity (Wildman–Crippen MR) is 58.2 cm³/mol. The second-order valence-corrected chi connectivity index (χ2v) is 6.20. The third-order valence-corrected chi connectivity index (χ3v) is 5.72. The molecule has 3 rings (SSSR count). The van der Waals surface area contributed by atoms with Crippen molar-refractivity contribution >= 4 is 0 Å². The summed E-state index contributed by atoms with van der Waals surface area (Å²) in [6, 6.07) is 1.47. The van der Waals surface area contributed by atoms with Crippen molar-refractivity contribution in [2.24, 2.45) is 16.7 Å². The van der Waals surface area contributed by atoms with Crippen LogP contribution < -0.4 is 10.6 Å². The molecular formula is C12H22N2. The maximum Gasteiger partial charge on any atom is 0.0283 e. The molecular weight excluding hydrogens is 172 g/mol. The average Bonchev–Trinajstić information content (AvgIpc) is 2.49. The molecule has 2 aliphatic carbocycles. The van der Waals surface area contributed by atoms with E-state index in [2.05, 4.69) is 31.4 Å². The molecule has 1 saturated heterocycles. The first-order valence-corrected chi connectivity index (χ1v) is 6.04. The SMILES string of the molecule is CC1(C)[C@H]2CC[C@]1(C)C1NCCNC12. The van der Waals surface area contributed by atoms with Crippen LogP contribution in [0.25, 0.3) is 0 Å². The molecule has 2 saturated carbocycles. The first kappa shape index (κ1) is 9.17. The molecule has 3 aliphatic rings. The quantitative estimate of drug-likeness (QED) is 0.608. The zero-order valence-corrected chi connectivity index (χ0v) is 9.56. The number of hydrogen-bond acceptors (Lipinski definition) is 2. The van der Waals surface area contributed by atoms with E-state index in [-0.39, 0.29) is 0 Å². The average molecular weight is 194 g/mol. The van der Waals surface area contributed by atoms with Crippen molar-refractivity contribution in [1.82, 2.24) is 10.6 Å². The third-order valence-electron chi connectivity index (χ3n) is 5.72. The summed E-state index contributed by atoms with van der Waals surface area (Å²) in [5.41, 5.74) is 1.04. The lowest BCUT2D eigenvalue weighted by molar-refractivity contribution is 0.115. The van der Waals surface area contributed by atoms with Gasteiger partial charge >= 0.3 is 0 Å². The van der Waals surface area contributed by atoms with E-state index in [9.17, 15) is 0 Å². The van der Waals surface area contributed by atoms with Crippen molar-refractivity contribution in [2.75, 3.05) is 13.1 Å². The van der Waals surface area contributed by atoms with Gasteiger partial charge in [-0.1, -0.05) is 20.8 Å². The first-order valence-electron chi connectivity index (χ1n) is 6.04. The van der Waals surface area contributed by atoms with Crippen LogP contribution in [-0.2, 0) is 0 Å². The van der Waals surface area contributed by atoms with Crippen molar-refractivity contribution < 1.29 is 0 Å². The van der Waals surface area contributed by atoms with Crippen molar-refractivity contribution in [3.05, 3.63) is 0 Å². The number of hydrogen-bond donors (Lipinski definition) is 2. The van der Waals surface area contributed by atoms with Gasteiger partial charge in [0.15, 0.2) is 0 Å². The number of piperazine rings is 1. The van der Waals surface area contributed by atoms with Gasteiger partial charge in [0, 0.05) is 25.2 Å². The van der Waals surface area contributed by atoms with Gasteiger partial charge in [0.2, 0.25) is 0 Å². The Bertz CT molecular complexity index is 261. The fourth-order valence-corrected chi connectivity index (χ4v) is 4.45. The van der Waals surface area contributed by atoms with Crippen LogP contribution in [0.1, 0.15) is 33.6 Å². The highest BCUT2D eigenvalue weighted by atomic mass is 15.1. The summed E-state index contributed by atoms with van der Waals surface area (Å²) in [6.07, 6.45) is 2.85. The van der Waals surface area contributed by atoms with Gasteiger partial charge in [-0.3, -0.25) is 0 Å². The number of rotatable bonds is 0. The van der Waals surface area contributed by atoms with Crippen LogP contribution in [0.5, 0.6) is 0 Å². The summed E-state index contributed by atoms with van der Waals surface area (Å²) in [5, 5.41) is 7.48. The zero-order chi connectivity index (χ0) is 9.97. The van der Waals surface area contributed by atoms with Crippen LogP contribution in [0.15, 0.2) is 0 Å². The summed E-state index contributed by atoms with van der Waals surface area (Å²) in [4.78, 5) is 0. The molecule has 0 amide bonds. The monoisotopic (exact) mass is 194 g/mol. The van der Waals surface area contributed by atoms with Crippen LogP contribution in [0.4, 0.5) is 0 Å². The van der Waals surface area contributed by atoms with Gasteiger partial charge in [-0.05, 0) is 29.6 Å². The lowest BCUT2D eigenvalue weighted by Gasteiger charge is -2.43. The molecule has 2 N–H and O–H groups in total. The second-order valence-electron chi connectivity index (χ2n) is 6.20. The maximum atomic E-state index is 3.75.